The van der Waals surface area contributed by atoms with E-state index in [1.807, 2.05) is 31.2 Å². The topological polar surface area (TPSA) is 85.9 Å². The lowest BCUT2D eigenvalue weighted by Crippen LogP contribution is -2.43. The van der Waals surface area contributed by atoms with Crippen molar-refractivity contribution in [3.63, 3.8) is 0 Å². The van der Waals surface area contributed by atoms with Gasteiger partial charge in [0.25, 0.3) is 11.8 Å². The zero-order valence-electron chi connectivity index (χ0n) is 17.3. The van der Waals surface area contributed by atoms with Gasteiger partial charge >= 0.3 is 0 Å². The predicted molar refractivity (Wildman–Crippen MR) is 129 cm³/mol. The van der Waals surface area contributed by atoms with Crippen LogP contribution in [0, 0.1) is 0 Å². The quantitative estimate of drug-likeness (QED) is 0.292. The fraction of sp³-hybridized carbons (Fsp3) is 0.217. The van der Waals surface area contributed by atoms with Gasteiger partial charge in [-0.2, -0.15) is 0 Å². The van der Waals surface area contributed by atoms with E-state index in [9.17, 15) is 9.59 Å². The van der Waals surface area contributed by atoms with Gasteiger partial charge in [-0.25, -0.2) is 0 Å². The molecule has 3 rings (SSSR count). The van der Waals surface area contributed by atoms with E-state index < -0.39 is 11.8 Å². The van der Waals surface area contributed by atoms with E-state index in [1.165, 1.54) is 0 Å². The van der Waals surface area contributed by atoms with Crippen LogP contribution in [0.3, 0.4) is 0 Å². The van der Waals surface area contributed by atoms with Crippen molar-refractivity contribution >= 4 is 54.4 Å². The summed E-state index contributed by atoms with van der Waals surface area (Å²) in [6.45, 7) is 3.23. The van der Waals surface area contributed by atoms with Gasteiger partial charge in [0.1, 0.15) is 18.1 Å². The van der Waals surface area contributed by atoms with Crippen molar-refractivity contribution in [1.82, 2.24) is 10.9 Å². The first-order chi connectivity index (χ1) is 15.5. The molecule has 0 aliphatic rings. The highest BCUT2D eigenvalue weighted by molar-refractivity contribution is 9.11. The van der Waals surface area contributed by atoms with Crippen LogP contribution in [-0.4, -0.2) is 38.2 Å². The fourth-order valence-electron chi connectivity index (χ4n) is 2.80. The van der Waals surface area contributed by atoms with Crippen molar-refractivity contribution < 1.29 is 23.8 Å². The number of hydrogen-bond acceptors (Lipinski definition) is 5. The average Bonchev–Trinajstić information content (AvgIpc) is 2.80. The monoisotopic (exact) mass is 564 g/mol. The second kappa shape index (κ2) is 11.8. The van der Waals surface area contributed by atoms with Crippen molar-refractivity contribution in [3.8, 4) is 11.5 Å². The van der Waals surface area contributed by atoms with Crippen molar-refractivity contribution in [3.05, 3.63) is 69.1 Å². The minimum absolute atomic E-state index is 0.256. The third kappa shape index (κ3) is 6.69. The molecule has 0 saturated heterocycles. The molecule has 32 heavy (non-hydrogen) atoms. The van der Waals surface area contributed by atoms with Crippen molar-refractivity contribution in [2.24, 2.45) is 0 Å². The molecule has 3 aromatic carbocycles. The van der Waals surface area contributed by atoms with Crippen LogP contribution < -0.4 is 20.3 Å². The Morgan fingerprint density at radius 1 is 0.906 bits per heavy atom. The number of ether oxygens (including phenoxy) is 3. The summed E-state index contributed by atoms with van der Waals surface area (Å²) in [6.07, 6.45) is 0. The van der Waals surface area contributed by atoms with Crippen LogP contribution in [-0.2, 0) is 9.53 Å². The largest absolute Gasteiger partial charge is 0.491 e. The molecule has 0 unspecified atom stereocenters. The van der Waals surface area contributed by atoms with Crippen molar-refractivity contribution in [2.45, 2.75) is 6.92 Å². The van der Waals surface area contributed by atoms with Crippen LogP contribution in [0.4, 0.5) is 0 Å². The number of carbonyl (C=O) groups excluding carboxylic acids is 2. The van der Waals surface area contributed by atoms with E-state index in [0.29, 0.717) is 36.9 Å². The standard InChI is InChI=1S/C23H22Br2N2O5/c1-2-30-11-12-31-18-7-3-15(4-8-18)23(29)27-26-21(28)14-32-20-10-5-16-13-17(24)6-9-19(16)22(20)25/h3-10,13H,2,11-12,14H2,1H3,(H,26,28)(H,27,29). The maximum Gasteiger partial charge on any atom is 0.276 e. The van der Waals surface area contributed by atoms with Gasteiger partial charge < -0.3 is 14.2 Å². The van der Waals surface area contributed by atoms with Gasteiger partial charge in [0.05, 0.1) is 11.1 Å². The van der Waals surface area contributed by atoms with Gasteiger partial charge in [0, 0.05) is 16.6 Å². The Bertz CT molecular complexity index is 1090. The minimum Gasteiger partial charge on any atom is -0.491 e. The van der Waals surface area contributed by atoms with E-state index in [2.05, 4.69) is 42.7 Å². The Hall–Kier alpha value is -2.62. The fourth-order valence-corrected chi connectivity index (χ4v) is 3.78. The number of halogens is 2. The van der Waals surface area contributed by atoms with E-state index in [1.54, 1.807) is 30.3 Å². The zero-order chi connectivity index (χ0) is 22.9. The number of hydrogen-bond donors (Lipinski definition) is 2. The minimum atomic E-state index is -0.489. The number of benzene rings is 3. The first-order valence-electron chi connectivity index (χ1n) is 9.88. The molecule has 0 aliphatic carbocycles. The zero-order valence-corrected chi connectivity index (χ0v) is 20.5. The SMILES string of the molecule is CCOCCOc1ccc(C(=O)NNC(=O)COc2ccc3cc(Br)ccc3c2Br)cc1. The molecule has 2 N–H and O–H groups in total. The number of rotatable bonds is 9. The van der Waals surface area contributed by atoms with Gasteiger partial charge in [-0.05, 0) is 76.1 Å². The highest BCUT2D eigenvalue weighted by Crippen LogP contribution is 2.34. The average molecular weight is 566 g/mol. The number of carbonyl (C=O) groups is 2. The Kier molecular flexibility index (Phi) is 8.90. The van der Waals surface area contributed by atoms with Crippen LogP contribution in [0.5, 0.6) is 11.5 Å². The summed E-state index contributed by atoms with van der Waals surface area (Å²) in [4.78, 5) is 24.3. The molecule has 0 aromatic heterocycles. The van der Waals surface area contributed by atoms with Gasteiger partial charge in [0.2, 0.25) is 0 Å². The molecule has 0 fully saturated rings. The molecule has 0 saturated carbocycles. The van der Waals surface area contributed by atoms with Gasteiger partial charge in [-0.3, -0.25) is 20.4 Å². The summed E-state index contributed by atoms with van der Waals surface area (Å²) in [6, 6.07) is 16.1. The molecule has 0 atom stereocenters. The van der Waals surface area contributed by atoms with E-state index in [-0.39, 0.29) is 6.61 Å². The molecule has 0 spiro atoms. The maximum atomic E-state index is 12.2. The van der Waals surface area contributed by atoms with Crippen LogP contribution in [0.2, 0.25) is 0 Å². The Labute approximate surface area is 202 Å². The number of nitrogens with one attached hydrogen (secondary N) is 2. The first kappa shape index (κ1) is 24.0. The summed E-state index contributed by atoms with van der Waals surface area (Å²) in [5.41, 5.74) is 5.10. The highest BCUT2D eigenvalue weighted by Gasteiger charge is 2.11. The summed E-state index contributed by atoms with van der Waals surface area (Å²) in [5.74, 6) is 0.224. The lowest BCUT2D eigenvalue weighted by molar-refractivity contribution is -0.123. The molecule has 0 heterocycles. The van der Waals surface area contributed by atoms with Gasteiger partial charge in [-0.15, -0.1) is 0 Å². The van der Waals surface area contributed by atoms with E-state index >= 15 is 0 Å². The van der Waals surface area contributed by atoms with Crippen LogP contribution in [0.1, 0.15) is 17.3 Å². The molecular weight excluding hydrogens is 544 g/mol. The third-order valence-electron chi connectivity index (χ3n) is 4.37. The molecular formula is C23H22Br2N2O5. The maximum absolute atomic E-state index is 12.2. The van der Waals surface area contributed by atoms with Gasteiger partial charge in [0.15, 0.2) is 6.61 Å². The lowest BCUT2D eigenvalue weighted by Gasteiger charge is -2.12. The normalized spacial score (nSPS) is 10.6. The van der Waals surface area contributed by atoms with E-state index in [0.717, 1.165) is 19.7 Å². The molecule has 2 amide bonds. The van der Waals surface area contributed by atoms with Crippen molar-refractivity contribution in [2.75, 3.05) is 26.4 Å². The van der Waals surface area contributed by atoms with Crippen LogP contribution >= 0.6 is 31.9 Å². The van der Waals surface area contributed by atoms with Crippen LogP contribution in [0.25, 0.3) is 10.8 Å². The van der Waals surface area contributed by atoms with Crippen LogP contribution in [0.15, 0.2) is 63.5 Å². The smallest absolute Gasteiger partial charge is 0.276 e. The lowest BCUT2D eigenvalue weighted by atomic mass is 10.1. The molecule has 7 nitrogen and oxygen atoms in total. The Balaban J connectivity index is 1.46. The summed E-state index contributed by atoms with van der Waals surface area (Å²) in [5, 5.41) is 1.99. The first-order valence-corrected chi connectivity index (χ1v) is 11.5. The summed E-state index contributed by atoms with van der Waals surface area (Å²) >= 11 is 6.96. The second-order valence-electron chi connectivity index (χ2n) is 6.60. The third-order valence-corrected chi connectivity index (χ3v) is 5.68. The predicted octanol–water partition coefficient (Wildman–Crippen LogP) is 4.62. The Morgan fingerprint density at radius 3 is 2.44 bits per heavy atom. The second-order valence-corrected chi connectivity index (χ2v) is 8.31. The van der Waals surface area contributed by atoms with E-state index in [4.69, 9.17) is 14.2 Å². The highest BCUT2D eigenvalue weighted by atomic mass is 79.9. The molecule has 3 aromatic rings. The van der Waals surface area contributed by atoms with Crippen molar-refractivity contribution in [1.29, 1.82) is 0 Å². The summed E-state index contributed by atoms with van der Waals surface area (Å²) < 4.78 is 18.0. The number of fused-ring (bicyclic) bond motifs is 1. The number of hydrazine groups is 1. The molecule has 168 valence electrons. The Morgan fingerprint density at radius 2 is 1.69 bits per heavy atom. The molecule has 9 heteroatoms. The summed E-state index contributed by atoms with van der Waals surface area (Å²) in [7, 11) is 0. The number of amides is 2. The van der Waals surface area contributed by atoms with Gasteiger partial charge in [-0.1, -0.05) is 28.1 Å². The molecule has 0 radical (unpaired) electrons. The molecule has 0 aliphatic heterocycles. The molecule has 0 bridgehead atoms.